The van der Waals surface area contributed by atoms with Gasteiger partial charge < -0.3 is 0 Å². The molecule has 8 heteroatoms. The number of para-hydroxylation sites is 1. The van der Waals surface area contributed by atoms with Crippen molar-refractivity contribution in [2.24, 2.45) is 0 Å². The topological polar surface area (TPSA) is 74.3 Å². The maximum Gasteiger partial charge on any atom is 0.178 e. The SMILES string of the molecule is CCC(Br)c1cn(Cc2nnnn2-c2ccccc2)nn1. The summed E-state index contributed by atoms with van der Waals surface area (Å²) in [6.07, 6.45) is 2.87. The number of hydrogen-bond donors (Lipinski definition) is 0. The zero-order valence-corrected chi connectivity index (χ0v) is 13.1. The monoisotopic (exact) mass is 347 g/mol. The molecular formula is C13H14BrN7. The Morgan fingerprint density at radius 2 is 1.95 bits per heavy atom. The minimum atomic E-state index is 0.219. The molecule has 0 bridgehead atoms. The van der Waals surface area contributed by atoms with E-state index in [1.54, 1.807) is 9.36 Å². The molecule has 1 atom stereocenters. The first-order valence-electron chi connectivity index (χ1n) is 6.64. The van der Waals surface area contributed by atoms with Crippen LogP contribution in [0.1, 0.15) is 29.7 Å². The molecule has 108 valence electrons. The van der Waals surface area contributed by atoms with Gasteiger partial charge in [0, 0.05) is 0 Å². The van der Waals surface area contributed by atoms with Crippen molar-refractivity contribution in [2.45, 2.75) is 24.7 Å². The molecule has 2 heterocycles. The van der Waals surface area contributed by atoms with Gasteiger partial charge in [0.2, 0.25) is 0 Å². The number of alkyl halides is 1. The summed E-state index contributed by atoms with van der Waals surface area (Å²) >= 11 is 3.57. The molecule has 1 aromatic carbocycles. The van der Waals surface area contributed by atoms with Crippen molar-refractivity contribution in [2.75, 3.05) is 0 Å². The maximum atomic E-state index is 4.16. The lowest BCUT2D eigenvalue weighted by atomic mass is 10.3. The molecule has 0 aliphatic rings. The van der Waals surface area contributed by atoms with Crippen molar-refractivity contribution in [3.05, 3.63) is 48.0 Å². The van der Waals surface area contributed by atoms with Crippen LogP contribution in [0, 0.1) is 0 Å². The Morgan fingerprint density at radius 1 is 1.14 bits per heavy atom. The molecular weight excluding hydrogens is 334 g/mol. The van der Waals surface area contributed by atoms with Gasteiger partial charge in [-0.25, -0.2) is 4.68 Å². The molecule has 0 saturated heterocycles. The highest BCUT2D eigenvalue weighted by Crippen LogP contribution is 2.23. The van der Waals surface area contributed by atoms with Gasteiger partial charge >= 0.3 is 0 Å². The molecule has 0 aliphatic carbocycles. The summed E-state index contributed by atoms with van der Waals surface area (Å²) in [5, 5.41) is 20.1. The normalized spacial score (nSPS) is 12.5. The van der Waals surface area contributed by atoms with Crippen LogP contribution in [0.25, 0.3) is 5.69 Å². The highest BCUT2D eigenvalue weighted by atomic mass is 79.9. The number of tetrazole rings is 1. The van der Waals surface area contributed by atoms with E-state index in [1.807, 2.05) is 36.5 Å². The van der Waals surface area contributed by atoms with Gasteiger partial charge in [0.25, 0.3) is 0 Å². The zero-order valence-electron chi connectivity index (χ0n) is 11.5. The van der Waals surface area contributed by atoms with E-state index >= 15 is 0 Å². The van der Waals surface area contributed by atoms with Crippen LogP contribution in [0.3, 0.4) is 0 Å². The average molecular weight is 348 g/mol. The fraction of sp³-hybridized carbons (Fsp3) is 0.308. The number of hydrogen-bond acceptors (Lipinski definition) is 5. The van der Waals surface area contributed by atoms with Gasteiger partial charge in [-0.2, -0.15) is 4.68 Å². The molecule has 0 aliphatic heterocycles. The number of nitrogens with zero attached hydrogens (tertiary/aromatic N) is 7. The van der Waals surface area contributed by atoms with Gasteiger partial charge in [-0.1, -0.05) is 46.3 Å². The van der Waals surface area contributed by atoms with Crippen LogP contribution >= 0.6 is 15.9 Å². The maximum absolute atomic E-state index is 4.16. The van der Waals surface area contributed by atoms with Crippen LogP contribution in [0.4, 0.5) is 0 Å². The Labute approximate surface area is 130 Å². The van der Waals surface area contributed by atoms with E-state index in [0.29, 0.717) is 12.4 Å². The van der Waals surface area contributed by atoms with E-state index in [9.17, 15) is 0 Å². The quantitative estimate of drug-likeness (QED) is 0.661. The van der Waals surface area contributed by atoms with Crippen molar-refractivity contribution in [3.8, 4) is 5.69 Å². The molecule has 2 aromatic heterocycles. The van der Waals surface area contributed by atoms with Crippen LogP contribution in [0.5, 0.6) is 0 Å². The summed E-state index contributed by atoms with van der Waals surface area (Å²) < 4.78 is 3.44. The van der Waals surface area contributed by atoms with Gasteiger partial charge in [-0.3, -0.25) is 0 Å². The first-order chi connectivity index (χ1) is 10.3. The molecule has 0 amide bonds. The predicted molar refractivity (Wildman–Crippen MR) is 80.2 cm³/mol. The summed E-state index contributed by atoms with van der Waals surface area (Å²) in [7, 11) is 0. The van der Waals surface area contributed by atoms with E-state index in [-0.39, 0.29) is 4.83 Å². The summed E-state index contributed by atoms with van der Waals surface area (Å²) in [5.41, 5.74) is 1.83. The molecule has 3 rings (SSSR count). The highest BCUT2D eigenvalue weighted by Gasteiger charge is 2.13. The number of rotatable bonds is 5. The molecule has 0 fully saturated rings. The van der Waals surface area contributed by atoms with Crippen molar-refractivity contribution in [1.82, 2.24) is 35.2 Å². The number of aromatic nitrogens is 7. The highest BCUT2D eigenvalue weighted by molar-refractivity contribution is 9.09. The molecule has 1 unspecified atom stereocenters. The second-order valence-electron chi connectivity index (χ2n) is 4.56. The minimum Gasteiger partial charge on any atom is -0.244 e. The van der Waals surface area contributed by atoms with Crippen molar-refractivity contribution in [1.29, 1.82) is 0 Å². The zero-order chi connectivity index (χ0) is 14.7. The van der Waals surface area contributed by atoms with E-state index in [1.165, 1.54) is 0 Å². The Kier molecular flexibility index (Phi) is 4.05. The van der Waals surface area contributed by atoms with Crippen molar-refractivity contribution < 1.29 is 0 Å². The summed E-state index contributed by atoms with van der Waals surface area (Å²) in [5.74, 6) is 0.709. The van der Waals surface area contributed by atoms with Gasteiger partial charge in [0.05, 0.1) is 22.4 Å². The lowest BCUT2D eigenvalue weighted by Crippen LogP contribution is -2.09. The second kappa shape index (κ2) is 6.13. The van der Waals surface area contributed by atoms with Crippen LogP contribution in [0.15, 0.2) is 36.5 Å². The molecule has 0 spiro atoms. The first-order valence-corrected chi connectivity index (χ1v) is 7.56. The third-order valence-corrected chi connectivity index (χ3v) is 4.19. The van der Waals surface area contributed by atoms with E-state index < -0.39 is 0 Å². The molecule has 0 radical (unpaired) electrons. The van der Waals surface area contributed by atoms with Crippen LogP contribution in [0.2, 0.25) is 0 Å². The summed E-state index contributed by atoms with van der Waals surface area (Å²) in [6.45, 7) is 2.56. The molecule has 21 heavy (non-hydrogen) atoms. The average Bonchev–Trinajstić information content (AvgIpc) is 3.17. The first kappa shape index (κ1) is 13.9. The molecule has 0 saturated carbocycles. The van der Waals surface area contributed by atoms with Crippen molar-refractivity contribution >= 4 is 15.9 Å². The van der Waals surface area contributed by atoms with Crippen LogP contribution in [-0.2, 0) is 6.54 Å². The third-order valence-electron chi connectivity index (χ3n) is 3.07. The smallest absolute Gasteiger partial charge is 0.178 e. The fourth-order valence-electron chi connectivity index (χ4n) is 1.96. The Hall–Kier alpha value is -2.09. The lowest BCUT2D eigenvalue weighted by Gasteiger charge is -2.03. The number of halogens is 1. The van der Waals surface area contributed by atoms with Crippen LogP contribution in [-0.4, -0.2) is 35.2 Å². The van der Waals surface area contributed by atoms with Gasteiger partial charge in [-0.15, -0.1) is 10.2 Å². The van der Waals surface area contributed by atoms with E-state index in [2.05, 4.69) is 48.7 Å². The number of benzene rings is 1. The summed E-state index contributed by atoms with van der Waals surface area (Å²) in [4.78, 5) is 0.219. The van der Waals surface area contributed by atoms with E-state index in [0.717, 1.165) is 17.8 Å². The lowest BCUT2D eigenvalue weighted by molar-refractivity contribution is 0.609. The second-order valence-corrected chi connectivity index (χ2v) is 5.66. The Morgan fingerprint density at radius 3 is 2.71 bits per heavy atom. The molecule has 3 aromatic rings. The Balaban J connectivity index is 1.83. The predicted octanol–water partition coefficient (Wildman–Crippen LogP) is 2.15. The summed E-state index contributed by atoms with van der Waals surface area (Å²) in [6, 6.07) is 9.77. The van der Waals surface area contributed by atoms with E-state index in [4.69, 9.17) is 0 Å². The minimum absolute atomic E-state index is 0.219. The van der Waals surface area contributed by atoms with Crippen molar-refractivity contribution in [3.63, 3.8) is 0 Å². The van der Waals surface area contributed by atoms with Gasteiger partial charge in [-0.05, 0) is 29.0 Å². The molecule has 0 N–H and O–H groups in total. The van der Waals surface area contributed by atoms with Crippen LogP contribution < -0.4 is 0 Å². The molecule has 7 nitrogen and oxygen atoms in total. The Bertz CT molecular complexity index is 706. The standard InChI is InChI=1S/C13H14BrN7/c1-2-11(14)12-8-20(18-15-12)9-13-16-17-19-21(13)10-6-4-3-5-7-10/h3-8,11H,2,9H2,1H3. The van der Waals surface area contributed by atoms with Gasteiger partial charge in [0.15, 0.2) is 5.82 Å². The van der Waals surface area contributed by atoms with Gasteiger partial charge in [0.1, 0.15) is 6.54 Å². The fourth-order valence-corrected chi connectivity index (χ4v) is 2.17. The third kappa shape index (κ3) is 2.99. The largest absolute Gasteiger partial charge is 0.244 e.